The number of aromatic nitrogens is 2. The minimum atomic E-state index is -0.843. The minimum Gasteiger partial charge on any atom is -0.507 e. The lowest BCUT2D eigenvalue weighted by molar-refractivity contribution is -0.140. The minimum absolute atomic E-state index is 0.00977. The molecule has 2 saturated heterocycles. The van der Waals surface area contributed by atoms with Gasteiger partial charge in [-0.2, -0.15) is 5.10 Å². The molecule has 5 rings (SSSR count). The van der Waals surface area contributed by atoms with E-state index in [4.69, 9.17) is 14.2 Å². The average Bonchev–Trinajstić information content (AvgIpc) is 3.50. The van der Waals surface area contributed by atoms with Crippen LogP contribution in [-0.4, -0.2) is 90.0 Å². The summed E-state index contributed by atoms with van der Waals surface area (Å²) in [6.07, 6.45) is 2.18. The van der Waals surface area contributed by atoms with E-state index in [1.165, 1.54) is 18.2 Å². The highest BCUT2D eigenvalue weighted by Gasteiger charge is 2.47. The van der Waals surface area contributed by atoms with E-state index >= 15 is 0 Å². The molecule has 10 heteroatoms. The van der Waals surface area contributed by atoms with Gasteiger partial charge in [0.15, 0.2) is 0 Å². The topological polar surface area (TPSA) is 106 Å². The number of ketones is 1. The number of methoxy groups -OCH3 is 2. The normalized spacial score (nSPS) is 19.3. The molecule has 210 valence electrons. The van der Waals surface area contributed by atoms with Gasteiger partial charge in [-0.3, -0.25) is 14.5 Å². The van der Waals surface area contributed by atoms with Gasteiger partial charge in [0, 0.05) is 37.8 Å². The molecular weight excluding hydrogens is 512 g/mol. The van der Waals surface area contributed by atoms with E-state index in [0.717, 1.165) is 25.3 Å². The maximum Gasteiger partial charge on any atom is 0.295 e. The first-order valence-electron chi connectivity index (χ1n) is 13.4. The number of aliphatic hydroxyl groups is 1. The summed E-state index contributed by atoms with van der Waals surface area (Å²) in [6.45, 7) is 5.95. The Morgan fingerprint density at radius 3 is 2.50 bits per heavy atom. The Hall–Kier alpha value is -4.15. The summed E-state index contributed by atoms with van der Waals surface area (Å²) >= 11 is 0. The molecule has 10 nitrogen and oxygen atoms in total. The highest BCUT2D eigenvalue weighted by atomic mass is 16.5. The maximum atomic E-state index is 13.6. The molecule has 2 aliphatic rings. The Kier molecular flexibility index (Phi) is 8.18. The number of hydrogen-bond donors (Lipinski definition) is 1. The molecule has 0 radical (unpaired) electrons. The molecule has 0 aliphatic carbocycles. The Morgan fingerprint density at radius 1 is 1.05 bits per heavy atom. The van der Waals surface area contributed by atoms with Crippen LogP contribution in [0.25, 0.3) is 11.4 Å². The number of benzene rings is 2. The summed E-state index contributed by atoms with van der Waals surface area (Å²) in [5.41, 5.74) is 2.44. The molecule has 2 fully saturated rings. The molecule has 1 aromatic heterocycles. The number of rotatable bonds is 9. The summed E-state index contributed by atoms with van der Waals surface area (Å²) in [7, 11) is 3.08. The molecule has 1 N–H and O–H groups in total. The number of hydrogen-bond acceptors (Lipinski definition) is 8. The number of carbonyl (C=O) groups is 2. The van der Waals surface area contributed by atoms with Crippen molar-refractivity contribution in [1.29, 1.82) is 0 Å². The Labute approximate surface area is 233 Å². The fourth-order valence-corrected chi connectivity index (χ4v) is 5.38. The summed E-state index contributed by atoms with van der Waals surface area (Å²) < 4.78 is 18.2. The zero-order valence-corrected chi connectivity index (χ0v) is 23.0. The van der Waals surface area contributed by atoms with Gasteiger partial charge in [0.25, 0.3) is 11.7 Å². The lowest BCUT2D eigenvalue weighted by Crippen LogP contribution is -2.39. The van der Waals surface area contributed by atoms with Crippen molar-refractivity contribution in [3.05, 3.63) is 77.1 Å². The predicted octanol–water partition coefficient (Wildman–Crippen LogP) is 3.34. The van der Waals surface area contributed by atoms with Crippen molar-refractivity contribution >= 4 is 17.4 Å². The van der Waals surface area contributed by atoms with Crippen molar-refractivity contribution in [2.24, 2.45) is 0 Å². The third kappa shape index (κ3) is 5.20. The van der Waals surface area contributed by atoms with Crippen LogP contribution in [0.1, 0.15) is 29.3 Å². The van der Waals surface area contributed by atoms with E-state index in [9.17, 15) is 14.7 Å². The zero-order chi connectivity index (χ0) is 28.2. The molecule has 3 aromatic rings. The van der Waals surface area contributed by atoms with Gasteiger partial charge in [-0.25, -0.2) is 4.68 Å². The fraction of sp³-hybridized carbons (Fsp3) is 0.367. The van der Waals surface area contributed by atoms with Crippen LogP contribution < -0.4 is 9.47 Å². The molecule has 0 bridgehead atoms. The average molecular weight is 547 g/mol. The van der Waals surface area contributed by atoms with Crippen LogP contribution in [-0.2, 0) is 14.3 Å². The number of Topliss-reactive ketones (excluding diaryl/α,β-unsaturated/α-hetero) is 1. The number of para-hydroxylation sites is 1. The Balaban J connectivity index is 1.56. The lowest BCUT2D eigenvalue weighted by Gasteiger charge is -2.29. The highest BCUT2D eigenvalue weighted by molar-refractivity contribution is 6.46. The first kappa shape index (κ1) is 27.4. The van der Waals surface area contributed by atoms with Crippen molar-refractivity contribution in [2.45, 2.75) is 19.4 Å². The number of amides is 1. The van der Waals surface area contributed by atoms with Gasteiger partial charge in [-0.1, -0.05) is 18.2 Å². The number of likely N-dealkylation sites (tertiary alicyclic amines) is 1. The first-order valence-corrected chi connectivity index (χ1v) is 13.4. The van der Waals surface area contributed by atoms with Gasteiger partial charge in [0.05, 0.1) is 62.2 Å². The number of aliphatic hydroxyl groups excluding tert-OH is 1. The largest absolute Gasteiger partial charge is 0.507 e. The third-order valence-electron chi connectivity index (χ3n) is 7.52. The van der Waals surface area contributed by atoms with E-state index < -0.39 is 17.7 Å². The van der Waals surface area contributed by atoms with Gasteiger partial charge in [0.2, 0.25) is 0 Å². The Bertz CT molecular complexity index is 1410. The molecule has 3 heterocycles. The first-order chi connectivity index (χ1) is 19.4. The van der Waals surface area contributed by atoms with Gasteiger partial charge in [-0.15, -0.1) is 0 Å². The molecule has 40 heavy (non-hydrogen) atoms. The molecule has 0 saturated carbocycles. The highest BCUT2D eigenvalue weighted by Crippen LogP contribution is 2.44. The van der Waals surface area contributed by atoms with Gasteiger partial charge >= 0.3 is 0 Å². The third-order valence-corrected chi connectivity index (χ3v) is 7.52. The molecule has 1 atom stereocenters. The summed E-state index contributed by atoms with van der Waals surface area (Å²) in [5.74, 6) is -0.633. The zero-order valence-electron chi connectivity index (χ0n) is 23.0. The van der Waals surface area contributed by atoms with Crippen molar-refractivity contribution in [1.82, 2.24) is 19.6 Å². The lowest BCUT2D eigenvalue weighted by atomic mass is 9.94. The van der Waals surface area contributed by atoms with Crippen LogP contribution in [0, 0.1) is 6.92 Å². The van der Waals surface area contributed by atoms with Crippen LogP contribution >= 0.6 is 0 Å². The number of morpholine rings is 1. The quantitative estimate of drug-likeness (QED) is 0.248. The second-order valence-electron chi connectivity index (χ2n) is 9.80. The van der Waals surface area contributed by atoms with E-state index in [2.05, 4.69) is 10.00 Å². The van der Waals surface area contributed by atoms with Crippen molar-refractivity contribution in [3.63, 3.8) is 0 Å². The van der Waals surface area contributed by atoms with Gasteiger partial charge in [0.1, 0.15) is 17.3 Å². The smallest absolute Gasteiger partial charge is 0.295 e. The van der Waals surface area contributed by atoms with Crippen LogP contribution in [0.5, 0.6) is 11.5 Å². The second kappa shape index (κ2) is 11.9. The van der Waals surface area contributed by atoms with Crippen LogP contribution in [0.4, 0.5) is 0 Å². The van der Waals surface area contributed by atoms with E-state index in [-0.39, 0.29) is 11.3 Å². The van der Waals surface area contributed by atoms with Crippen LogP contribution in [0.3, 0.4) is 0 Å². The van der Waals surface area contributed by atoms with E-state index in [1.807, 2.05) is 37.3 Å². The van der Waals surface area contributed by atoms with Gasteiger partial charge < -0.3 is 24.2 Å². The standard InChI is InChI=1S/C30H34N4O6/c1-20-24(19-31-34(20)21-8-5-4-6-9-21)28(35)26-27(23-11-10-22(38-2)18-25(23)39-3)33(30(37)29(26)36)13-7-12-32-14-16-40-17-15-32/h4-6,8-11,18-19,27,35H,7,12-17H2,1-3H3/b28-26+. The van der Waals surface area contributed by atoms with E-state index in [1.54, 1.807) is 30.0 Å². The van der Waals surface area contributed by atoms with Crippen LogP contribution in [0.2, 0.25) is 0 Å². The molecule has 0 spiro atoms. The monoisotopic (exact) mass is 546 g/mol. The fourth-order valence-electron chi connectivity index (χ4n) is 5.38. The van der Waals surface area contributed by atoms with Crippen molar-refractivity contribution in [2.75, 3.05) is 53.6 Å². The number of nitrogens with zero attached hydrogens (tertiary/aromatic N) is 4. The predicted molar refractivity (Wildman–Crippen MR) is 149 cm³/mol. The summed E-state index contributed by atoms with van der Waals surface area (Å²) in [6, 6.07) is 13.9. The molecule has 1 unspecified atom stereocenters. The number of ether oxygens (including phenoxy) is 3. The number of carbonyl (C=O) groups excluding carboxylic acids is 2. The Morgan fingerprint density at radius 2 is 1.80 bits per heavy atom. The van der Waals surface area contributed by atoms with E-state index in [0.29, 0.717) is 54.5 Å². The molecule has 2 aromatic carbocycles. The summed E-state index contributed by atoms with van der Waals surface area (Å²) in [5, 5.41) is 16.1. The molecule has 2 aliphatic heterocycles. The van der Waals surface area contributed by atoms with Crippen molar-refractivity contribution in [3.8, 4) is 17.2 Å². The maximum absolute atomic E-state index is 13.6. The van der Waals surface area contributed by atoms with Crippen LogP contribution in [0.15, 0.2) is 60.3 Å². The molecule has 1 amide bonds. The van der Waals surface area contributed by atoms with Gasteiger partial charge in [-0.05, 0) is 37.6 Å². The molecular formula is C30H34N4O6. The summed E-state index contributed by atoms with van der Waals surface area (Å²) in [4.78, 5) is 30.8. The van der Waals surface area contributed by atoms with Crippen molar-refractivity contribution < 1.29 is 28.9 Å². The second-order valence-corrected chi connectivity index (χ2v) is 9.80. The SMILES string of the molecule is COc1ccc(C2/C(=C(\O)c3cnn(-c4ccccc4)c3C)C(=O)C(=O)N2CCCN2CCOCC2)c(OC)c1.